The molecule has 0 saturated heterocycles. The van der Waals surface area contributed by atoms with Crippen molar-refractivity contribution in [1.29, 1.82) is 0 Å². The Kier molecular flexibility index (Phi) is 5.11. The van der Waals surface area contributed by atoms with Gasteiger partial charge in [-0.15, -0.1) is 11.3 Å². The van der Waals surface area contributed by atoms with Crippen LogP contribution < -0.4 is 11.1 Å². The largest absolute Gasteiger partial charge is 0.327 e. The number of unbranched alkanes of at least 4 members (excludes halogenated alkanes) is 1. The van der Waals surface area contributed by atoms with Crippen molar-refractivity contribution in [3.05, 3.63) is 29.3 Å². The molecule has 0 aliphatic heterocycles. The standard InChI is InChI=1S/C14H21N3S/c1-2-3-6-11(15)9-16-10-14-17-12-7-4-5-8-13(12)18-14/h4-5,7-8,11,16H,2-3,6,9-10,15H2,1H3. The smallest absolute Gasteiger partial charge is 0.108 e. The van der Waals surface area contributed by atoms with Gasteiger partial charge in [-0.1, -0.05) is 31.9 Å². The van der Waals surface area contributed by atoms with Gasteiger partial charge in [-0.3, -0.25) is 0 Å². The molecule has 2 rings (SSSR count). The van der Waals surface area contributed by atoms with E-state index in [1.165, 1.54) is 17.5 Å². The van der Waals surface area contributed by atoms with Gasteiger partial charge < -0.3 is 11.1 Å². The topological polar surface area (TPSA) is 50.9 Å². The van der Waals surface area contributed by atoms with Crippen LogP contribution in [0.25, 0.3) is 10.2 Å². The second kappa shape index (κ2) is 6.83. The third-order valence-electron chi connectivity index (χ3n) is 2.95. The van der Waals surface area contributed by atoms with E-state index in [9.17, 15) is 0 Å². The molecule has 0 saturated carbocycles. The van der Waals surface area contributed by atoms with Crippen LogP contribution in [0.4, 0.5) is 0 Å². The van der Waals surface area contributed by atoms with Gasteiger partial charge in [-0.2, -0.15) is 0 Å². The molecule has 3 N–H and O–H groups in total. The molecule has 0 bridgehead atoms. The van der Waals surface area contributed by atoms with Crippen LogP contribution in [-0.4, -0.2) is 17.6 Å². The number of nitrogens with one attached hydrogen (secondary N) is 1. The van der Waals surface area contributed by atoms with Crippen molar-refractivity contribution in [2.45, 2.75) is 38.8 Å². The third-order valence-corrected chi connectivity index (χ3v) is 3.99. The lowest BCUT2D eigenvalue weighted by molar-refractivity contribution is 0.524. The van der Waals surface area contributed by atoms with Gasteiger partial charge in [-0.05, 0) is 18.6 Å². The van der Waals surface area contributed by atoms with Crippen molar-refractivity contribution < 1.29 is 0 Å². The van der Waals surface area contributed by atoms with Gasteiger partial charge >= 0.3 is 0 Å². The molecule has 0 aliphatic carbocycles. The Bertz CT molecular complexity index is 448. The van der Waals surface area contributed by atoms with Crippen LogP contribution in [0.1, 0.15) is 31.2 Å². The summed E-state index contributed by atoms with van der Waals surface area (Å²) < 4.78 is 1.25. The first-order valence-corrected chi connectivity index (χ1v) is 7.42. The van der Waals surface area contributed by atoms with Crippen LogP contribution in [0.3, 0.4) is 0 Å². The molecule has 1 aromatic heterocycles. The second-order valence-electron chi connectivity index (χ2n) is 4.61. The Morgan fingerprint density at radius 3 is 3.00 bits per heavy atom. The highest BCUT2D eigenvalue weighted by molar-refractivity contribution is 7.18. The summed E-state index contributed by atoms with van der Waals surface area (Å²) in [7, 11) is 0. The summed E-state index contributed by atoms with van der Waals surface area (Å²) in [5.74, 6) is 0. The maximum Gasteiger partial charge on any atom is 0.108 e. The zero-order chi connectivity index (χ0) is 12.8. The number of nitrogens with two attached hydrogens (primary N) is 1. The molecule has 2 aromatic rings. The van der Waals surface area contributed by atoms with Crippen LogP contribution >= 0.6 is 11.3 Å². The van der Waals surface area contributed by atoms with E-state index in [1.54, 1.807) is 11.3 Å². The van der Waals surface area contributed by atoms with Crippen molar-refractivity contribution in [1.82, 2.24) is 10.3 Å². The van der Waals surface area contributed by atoms with Crippen LogP contribution in [0, 0.1) is 0 Å². The predicted molar refractivity (Wildman–Crippen MR) is 78.8 cm³/mol. The van der Waals surface area contributed by atoms with Crippen molar-refractivity contribution in [2.75, 3.05) is 6.54 Å². The minimum Gasteiger partial charge on any atom is -0.327 e. The quantitative estimate of drug-likeness (QED) is 0.807. The summed E-state index contributed by atoms with van der Waals surface area (Å²) in [4.78, 5) is 4.59. The molecule has 0 aliphatic rings. The number of rotatable bonds is 7. The van der Waals surface area contributed by atoms with E-state index in [-0.39, 0.29) is 6.04 Å². The Morgan fingerprint density at radius 2 is 2.22 bits per heavy atom. The summed E-state index contributed by atoms with van der Waals surface area (Å²) in [6.45, 7) is 3.89. The van der Waals surface area contributed by atoms with Gasteiger partial charge in [0, 0.05) is 19.1 Å². The fourth-order valence-corrected chi connectivity index (χ4v) is 2.87. The van der Waals surface area contributed by atoms with E-state index in [4.69, 9.17) is 5.73 Å². The number of aromatic nitrogens is 1. The summed E-state index contributed by atoms with van der Waals surface area (Å²) in [5.41, 5.74) is 7.11. The number of fused-ring (bicyclic) bond motifs is 1. The first-order chi connectivity index (χ1) is 8.79. The van der Waals surface area contributed by atoms with E-state index in [2.05, 4.69) is 35.4 Å². The number of thiazole rings is 1. The average molecular weight is 263 g/mol. The van der Waals surface area contributed by atoms with E-state index in [0.29, 0.717) is 0 Å². The Balaban J connectivity index is 1.79. The molecule has 4 heteroatoms. The Labute approximate surface area is 112 Å². The van der Waals surface area contributed by atoms with Crippen LogP contribution in [-0.2, 0) is 6.54 Å². The molecule has 1 heterocycles. The lowest BCUT2D eigenvalue weighted by atomic mass is 10.1. The summed E-state index contributed by atoms with van der Waals surface area (Å²) >= 11 is 1.75. The fraction of sp³-hybridized carbons (Fsp3) is 0.500. The molecule has 0 amide bonds. The highest BCUT2D eigenvalue weighted by atomic mass is 32.1. The van der Waals surface area contributed by atoms with E-state index in [0.717, 1.165) is 30.0 Å². The summed E-state index contributed by atoms with van der Waals surface area (Å²) in [5, 5.41) is 4.53. The Morgan fingerprint density at radius 1 is 1.39 bits per heavy atom. The highest BCUT2D eigenvalue weighted by Gasteiger charge is 2.04. The molecule has 18 heavy (non-hydrogen) atoms. The monoisotopic (exact) mass is 263 g/mol. The average Bonchev–Trinajstić information content (AvgIpc) is 2.79. The zero-order valence-electron chi connectivity index (χ0n) is 10.9. The van der Waals surface area contributed by atoms with Gasteiger partial charge in [-0.25, -0.2) is 4.98 Å². The van der Waals surface area contributed by atoms with Crippen molar-refractivity contribution in [3.63, 3.8) is 0 Å². The maximum absolute atomic E-state index is 6.02. The predicted octanol–water partition coefficient (Wildman–Crippen LogP) is 2.90. The first kappa shape index (κ1) is 13.5. The fourth-order valence-electron chi connectivity index (χ4n) is 1.93. The van der Waals surface area contributed by atoms with Gasteiger partial charge in [0.2, 0.25) is 0 Å². The number of benzene rings is 1. The molecule has 1 aromatic carbocycles. The van der Waals surface area contributed by atoms with E-state index in [1.807, 2.05) is 6.07 Å². The Hall–Kier alpha value is -0.970. The minimum atomic E-state index is 0.263. The highest BCUT2D eigenvalue weighted by Crippen LogP contribution is 2.21. The molecule has 98 valence electrons. The minimum absolute atomic E-state index is 0.263. The van der Waals surface area contributed by atoms with Crippen LogP contribution in [0.5, 0.6) is 0 Å². The van der Waals surface area contributed by atoms with Crippen LogP contribution in [0.15, 0.2) is 24.3 Å². The van der Waals surface area contributed by atoms with Crippen molar-refractivity contribution >= 4 is 21.6 Å². The molecule has 1 atom stereocenters. The van der Waals surface area contributed by atoms with Gasteiger partial charge in [0.15, 0.2) is 0 Å². The summed E-state index contributed by atoms with van der Waals surface area (Å²) in [6, 6.07) is 8.52. The number of para-hydroxylation sites is 1. The lowest BCUT2D eigenvalue weighted by Crippen LogP contribution is -2.33. The number of hydrogen-bond acceptors (Lipinski definition) is 4. The van der Waals surface area contributed by atoms with Crippen LogP contribution in [0.2, 0.25) is 0 Å². The zero-order valence-corrected chi connectivity index (χ0v) is 11.7. The second-order valence-corrected chi connectivity index (χ2v) is 5.72. The normalized spacial score (nSPS) is 13.0. The third kappa shape index (κ3) is 3.77. The molecule has 0 fully saturated rings. The maximum atomic E-state index is 6.02. The molecule has 0 spiro atoms. The molecule has 1 unspecified atom stereocenters. The molecule has 0 radical (unpaired) electrons. The number of hydrogen-bond donors (Lipinski definition) is 2. The van der Waals surface area contributed by atoms with Crippen molar-refractivity contribution in [3.8, 4) is 0 Å². The summed E-state index contributed by atoms with van der Waals surface area (Å²) in [6.07, 6.45) is 3.53. The van der Waals surface area contributed by atoms with E-state index < -0.39 is 0 Å². The molecule has 3 nitrogen and oxygen atoms in total. The van der Waals surface area contributed by atoms with Crippen molar-refractivity contribution in [2.24, 2.45) is 5.73 Å². The molecular formula is C14H21N3S. The van der Waals surface area contributed by atoms with E-state index >= 15 is 0 Å². The number of nitrogens with zero attached hydrogens (tertiary/aromatic N) is 1. The van der Waals surface area contributed by atoms with Gasteiger partial charge in [0.1, 0.15) is 5.01 Å². The molecular weight excluding hydrogens is 242 g/mol. The van der Waals surface area contributed by atoms with Gasteiger partial charge in [0.05, 0.1) is 10.2 Å². The first-order valence-electron chi connectivity index (χ1n) is 6.60. The SMILES string of the molecule is CCCCC(N)CNCc1nc2ccccc2s1. The lowest BCUT2D eigenvalue weighted by Gasteiger charge is -2.10. The van der Waals surface area contributed by atoms with Gasteiger partial charge in [0.25, 0.3) is 0 Å².